The van der Waals surface area contributed by atoms with Gasteiger partial charge in [0.15, 0.2) is 11.6 Å². The highest BCUT2D eigenvalue weighted by molar-refractivity contribution is 6.33. The quantitative estimate of drug-likeness (QED) is 0.747. The molecule has 0 radical (unpaired) electrons. The van der Waals surface area contributed by atoms with Crippen LogP contribution in [0.4, 0.5) is 8.78 Å². The second-order valence-electron chi connectivity index (χ2n) is 4.04. The number of rotatable bonds is 5. The van der Waals surface area contributed by atoms with E-state index >= 15 is 0 Å². The molecule has 0 aliphatic rings. The Bertz CT molecular complexity index is 431. The summed E-state index contributed by atoms with van der Waals surface area (Å²) in [5.74, 6) is -2.47. The molecular weight excluding hydrogens is 260 g/mol. The van der Waals surface area contributed by atoms with Gasteiger partial charge in [-0.3, -0.25) is 4.79 Å². The summed E-state index contributed by atoms with van der Waals surface area (Å²) in [6, 6.07) is 1.69. The van der Waals surface area contributed by atoms with Crippen molar-refractivity contribution in [3.05, 3.63) is 34.4 Å². The molecular formula is C13H16ClF2NO. The molecule has 1 aromatic carbocycles. The molecule has 1 amide bonds. The molecule has 0 saturated heterocycles. The highest BCUT2D eigenvalue weighted by Crippen LogP contribution is 2.21. The zero-order chi connectivity index (χ0) is 13.7. The van der Waals surface area contributed by atoms with Crippen LogP contribution in [-0.4, -0.2) is 23.9 Å². The average molecular weight is 276 g/mol. The maximum atomic E-state index is 13.2. The molecule has 0 heterocycles. The Balaban J connectivity index is 3.04. The molecule has 0 unspecified atom stereocenters. The van der Waals surface area contributed by atoms with Crippen molar-refractivity contribution in [3.63, 3.8) is 0 Å². The van der Waals surface area contributed by atoms with Gasteiger partial charge in [-0.2, -0.15) is 0 Å². The Morgan fingerprint density at radius 2 is 1.67 bits per heavy atom. The van der Waals surface area contributed by atoms with Crippen LogP contribution in [0.3, 0.4) is 0 Å². The van der Waals surface area contributed by atoms with Crippen molar-refractivity contribution in [1.82, 2.24) is 4.90 Å². The monoisotopic (exact) mass is 275 g/mol. The van der Waals surface area contributed by atoms with Gasteiger partial charge in [0.05, 0.1) is 10.6 Å². The van der Waals surface area contributed by atoms with Crippen molar-refractivity contribution in [2.45, 2.75) is 26.7 Å². The summed E-state index contributed by atoms with van der Waals surface area (Å²) >= 11 is 5.79. The van der Waals surface area contributed by atoms with Crippen LogP contribution in [0.1, 0.15) is 37.0 Å². The zero-order valence-corrected chi connectivity index (χ0v) is 11.2. The second-order valence-corrected chi connectivity index (χ2v) is 4.45. The first-order valence-corrected chi connectivity index (χ1v) is 6.32. The predicted molar refractivity (Wildman–Crippen MR) is 67.9 cm³/mol. The highest BCUT2D eigenvalue weighted by Gasteiger charge is 2.19. The van der Waals surface area contributed by atoms with Crippen molar-refractivity contribution in [1.29, 1.82) is 0 Å². The summed E-state index contributed by atoms with van der Waals surface area (Å²) in [4.78, 5) is 13.8. The van der Waals surface area contributed by atoms with Crippen LogP contribution >= 0.6 is 11.6 Å². The third kappa shape index (κ3) is 3.42. The Kier molecular flexibility index (Phi) is 5.54. The van der Waals surface area contributed by atoms with Crippen LogP contribution in [0.5, 0.6) is 0 Å². The van der Waals surface area contributed by atoms with Crippen LogP contribution < -0.4 is 0 Å². The maximum Gasteiger partial charge on any atom is 0.255 e. The molecule has 0 spiro atoms. The molecule has 0 N–H and O–H groups in total. The van der Waals surface area contributed by atoms with E-state index in [1.807, 2.05) is 13.8 Å². The average Bonchev–Trinajstić information content (AvgIpc) is 2.33. The number of carbonyl (C=O) groups excluding carboxylic acids is 1. The Labute approximate surface area is 111 Å². The van der Waals surface area contributed by atoms with E-state index in [1.54, 1.807) is 4.90 Å². The van der Waals surface area contributed by atoms with Crippen molar-refractivity contribution < 1.29 is 13.6 Å². The van der Waals surface area contributed by atoms with Gasteiger partial charge in [0.1, 0.15) is 0 Å². The summed E-state index contributed by atoms with van der Waals surface area (Å²) in [6.07, 6.45) is 1.60. The lowest BCUT2D eigenvalue weighted by Gasteiger charge is -2.22. The molecule has 0 aliphatic carbocycles. The zero-order valence-electron chi connectivity index (χ0n) is 10.5. The fourth-order valence-electron chi connectivity index (χ4n) is 1.71. The van der Waals surface area contributed by atoms with Crippen LogP contribution in [0, 0.1) is 11.6 Å². The second kappa shape index (κ2) is 6.69. The van der Waals surface area contributed by atoms with E-state index in [0.29, 0.717) is 13.1 Å². The molecule has 0 atom stereocenters. The van der Waals surface area contributed by atoms with Crippen LogP contribution in [0.25, 0.3) is 0 Å². The number of amides is 1. The summed E-state index contributed by atoms with van der Waals surface area (Å²) in [5, 5.41) is -0.0592. The molecule has 1 rings (SSSR count). The first-order chi connectivity index (χ1) is 8.51. The number of hydrogen-bond donors (Lipinski definition) is 0. The first kappa shape index (κ1) is 14.9. The van der Waals surface area contributed by atoms with Gasteiger partial charge < -0.3 is 4.90 Å². The van der Waals surface area contributed by atoms with Gasteiger partial charge in [-0.05, 0) is 25.0 Å². The molecule has 0 bridgehead atoms. The highest BCUT2D eigenvalue weighted by atomic mass is 35.5. The predicted octanol–water partition coefficient (Wildman–Crippen LogP) is 3.88. The van der Waals surface area contributed by atoms with Gasteiger partial charge in [0.2, 0.25) is 0 Å². The SMILES string of the molecule is CCCN(CCC)C(=O)c1cc(F)c(F)cc1Cl. The smallest absolute Gasteiger partial charge is 0.255 e. The standard InChI is InChI=1S/C13H16ClF2NO/c1-3-5-17(6-4-2)13(18)9-7-11(15)12(16)8-10(9)14/h7-8H,3-6H2,1-2H3. The molecule has 0 aromatic heterocycles. The van der Waals surface area contributed by atoms with Crippen molar-refractivity contribution in [2.75, 3.05) is 13.1 Å². The topological polar surface area (TPSA) is 20.3 Å². The van der Waals surface area contributed by atoms with E-state index in [-0.39, 0.29) is 16.5 Å². The number of carbonyl (C=O) groups is 1. The molecule has 0 saturated carbocycles. The van der Waals surface area contributed by atoms with Crippen LogP contribution in [-0.2, 0) is 0 Å². The van der Waals surface area contributed by atoms with E-state index in [4.69, 9.17) is 11.6 Å². The van der Waals surface area contributed by atoms with E-state index in [1.165, 1.54) is 0 Å². The van der Waals surface area contributed by atoms with Gasteiger partial charge in [0, 0.05) is 13.1 Å². The lowest BCUT2D eigenvalue weighted by molar-refractivity contribution is 0.0755. The van der Waals surface area contributed by atoms with E-state index < -0.39 is 11.6 Å². The fraction of sp³-hybridized carbons (Fsp3) is 0.462. The number of nitrogens with zero attached hydrogens (tertiary/aromatic N) is 1. The molecule has 100 valence electrons. The van der Waals surface area contributed by atoms with E-state index in [2.05, 4.69) is 0 Å². The molecule has 0 aliphatic heterocycles. The Hall–Kier alpha value is -1.16. The minimum Gasteiger partial charge on any atom is -0.339 e. The molecule has 18 heavy (non-hydrogen) atoms. The minimum absolute atomic E-state index is 0.0115. The minimum atomic E-state index is -1.06. The lowest BCUT2D eigenvalue weighted by Crippen LogP contribution is -2.32. The van der Waals surface area contributed by atoms with E-state index in [0.717, 1.165) is 25.0 Å². The van der Waals surface area contributed by atoms with Gasteiger partial charge >= 0.3 is 0 Å². The fourth-order valence-corrected chi connectivity index (χ4v) is 1.94. The summed E-state index contributed by atoms with van der Waals surface area (Å²) in [7, 11) is 0. The largest absolute Gasteiger partial charge is 0.339 e. The normalized spacial score (nSPS) is 10.5. The van der Waals surface area contributed by atoms with Gasteiger partial charge in [-0.25, -0.2) is 8.78 Å². The van der Waals surface area contributed by atoms with Gasteiger partial charge in [-0.1, -0.05) is 25.4 Å². The van der Waals surface area contributed by atoms with E-state index in [9.17, 15) is 13.6 Å². The van der Waals surface area contributed by atoms with Gasteiger partial charge in [-0.15, -0.1) is 0 Å². The molecule has 2 nitrogen and oxygen atoms in total. The summed E-state index contributed by atoms with van der Waals surface area (Å²) in [6.45, 7) is 5.04. The van der Waals surface area contributed by atoms with Gasteiger partial charge in [0.25, 0.3) is 5.91 Å². The Morgan fingerprint density at radius 3 is 2.17 bits per heavy atom. The summed E-state index contributed by atoms with van der Waals surface area (Å²) in [5.41, 5.74) is 0.0115. The third-order valence-corrected chi connectivity index (χ3v) is 2.83. The molecule has 1 aromatic rings. The summed E-state index contributed by atoms with van der Waals surface area (Å²) < 4.78 is 26.1. The van der Waals surface area contributed by atoms with Crippen molar-refractivity contribution in [3.8, 4) is 0 Å². The third-order valence-electron chi connectivity index (χ3n) is 2.51. The molecule has 0 fully saturated rings. The first-order valence-electron chi connectivity index (χ1n) is 5.95. The Morgan fingerprint density at radius 1 is 1.17 bits per heavy atom. The number of benzene rings is 1. The maximum absolute atomic E-state index is 13.2. The van der Waals surface area contributed by atoms with Crippen molar-refractivity contribution in [2.24, 2.45) is 0 Å². The van der Waals surface area contributed by atoms with Crippen molar-refractivity contribution >= 4 is 17.5 Å². The molecule has 5 heteroatoms. The van der Waals surface area contributed by atoms with Crippen LogP contribution in [0.15, 0.2) is 12.1 Å². The number of hydrogen-bond acceptors (Lipinski definition) is 1. The van der Waals surface area contributed by atoms with Crippen LogP contribution in [0.2, 0.25) is 5.02 Å². The lowest BCUT2D eigenvalue weighted by atomic mass is 10.1. The number of halogens is 3.